The lowest BCUT2D eigenvalue weighted by molar-refractivity contribution is 0.475. The number of aromatic hydroxyl groups is 1. The fourth-order valence-electron chi connectivity index (χ4n) is 1.53. The van der Waals surface area contributed by atoms with E-state index in [0.29, 0.717) is 5.75 Å². The summed E-state index contributed by atoms with van der Waals surface area (Å²) in [5, 5.41) is 13.3. The molecule has 2 N–H and O–H groups in total. The molecule has 1 heterocycles. The van der Waals surface area contributed by atoms with Gasteiger partial charge in [-0.25, -0.2) is 0 Å². The number of hydrogen-bond donors (Lipinski definition) is 2. The molecule has 1 aromatic carbocycles. The molecule has 0 spiro atoms. The molecule has 0 saturated carbocycles. The molecule has 2 nitrogen and oxygen atoms in total. The zero-order chi connectivity index (χ0) is 8.55. The number of nitrogens with one attached hydrogen (secondary N) is 1. The minimum absolute atomic E-state index is 0.300. The van der Waals surface area contributed by atoms with Crippen LogP contribution >= 0.6 is 11.6 Å². The second-order valence-electron chi connectivity index (χ2n) is 2.95. The minimum atomic E-state index is 0.300. The van der Waals surface area contributed by atoms with Gasteiger partial charge in [-0.05, 0) is 30.5 Å². The molecule has 0 bridgehead atoms. The molecule has 3 heteroatoms. The first-order valence-electron chi connectivity index (χ1n) is 4.03. The van der Waals surface area contributed by atoms with E-state index in [1.165, 1.54) is 0 Å². The normalized spacial score (nSPS) is 15.1. The first-order chi connectivity index (χ1) is 5.79. The van der Waals surface area contributed by atoms with Crippen molar-refractivity contribution in [3.05, 3.63) is 22.7 Å². The third-order valence-corrected chi connectivity index (χ3v) is 2.49. The Morgan fingerprint density at radius 2 is 2.25 bits per heavy atom. The van der Waals surface area contributed by atoms with Crippen molar-refractivity contribution in [3.63, 3.8) is 0 Å². The van der Waals surface area contributed by atoms with Crippen LogP contribution in [0.15, 0.2) is 12.1 Å². The highest BCUT2D eigenvalue weighted by Gasteiger charge is 2.14. The SMILES string of the molecule is Oc1ccc(Cl)c2c1NCCC2. The smallest absolute Gasteiger partial charge is 0.139 e. The van der Waals surface area contributed by atoms with E-state index in [9.17, 15) is 5.11 Å². The molecule has 0 amide bonds. The Kier molecular flexibility index (Phi) is 1.85. The zero-order valence-electron chi connectivity index (χ0n) is 6.60. The average Bonchev–Trinajstić information content (AvgIpc) is 2.12. The molecule has 1 aliphatic rings. The Labute approximate surface area is 76.2 Å². The van der Waals surface area contributed by atoms with E-state index in [-0.39, 0.29) is 0 Å². The van der Waals surface area contributed by atoms with Gasteiger partial charge < -0.3 is 10.4 Å². The van der Waals surface area contributed by atoms with Gasteiger partial charge in [0.25, 0.3) is 0 Å². The summed E-state index contributed by atoms with van der Waals surface area (Å²) in [6, 6.07) is 3.36. The number of phenolic OH excluding ortho intramolecular Hbond substituents is 1. The van der Waals surface area contributed by atoms with Crippen molar-refractivity contribution in [2.45, 2.75) is 12.8 Å². The third-order valence-electron chi connectivity index (χ3n) is 2.14. The van der Waals surface area contributed by atoms with E-state index in [1.54, 1.807) is 12.1 Å². The number of anilines is 1. The molecule has 1 aliphatic heterocycles. The summed E-state index contributed by atoms with van der Waals surface area (Å²) in [4.78, 5) is 0. The van der Waals surface area contributed by atoms with Gasteiger partial charge in [0.2, 0.25) is 0 Å². The van der Waals surface area contributed by atoms with Crippen LogP contribution in [0.5, 0.6) is 5.75 Å². The van der Waals surface area contributed by atoms with Gasteiger partial charge in [-0.15, -0.1) is 0 Å². The van der Waals surface area contributed by atoms with Gasteiger partial charge in [-0.1, -0.05) is 11.6 Å². The Hall–Kier alpha value is -0.890. The molecule has 0 saturated heterocycles. The molecule has 2 rings (SSSR count). The van der Waals surface area contributed by atoms with Gasteiger partial charge in [0.15, 0.2) is 0 Å². The Morgan fingerprint density at radius 1 is 1.42 bits per heavy atom. The average molecular weight is 184 g/mol. The van der Waals surface area contributed by atoms with Crippen LogP contribution in [-0.2, 0) is 6.42 Å². The molecule has 1 aromatic rings. The summed E-state index contributed by atoms with van der Waals surface area (Å²) in [5.74, 6) is 0.300. The second kappa shape index (κ2) is 2.87. The van der Waals surface area contributed by atoms with E-state index in [2.05, 4.69) is 5.32 Å². The van der Waals surface area contributed by atoms with Crippen LogP contribution in [0.3, 0.4) is 0 Å². The first kappa shape index (κ1) is 7.74. The molecule has 0 aliphatic carbocycles. The molecular weight excluding hydrogens is 174 g/mol. The number of rotatable bonds is 0. The first-order valence-corrected chi connectivity index (χ1v) is 4.41. The third kappa shape index (κ3) is 1.12. The maximum absolute atomic E-state index is 9.46. The van der Waals surface area contributed by atoms with Crippen molar-refractivity contribution in [1.29, 1.82) is 0 Å². The van der Waals surface area contributed by atoms with E-state index in [1.807, 2.05) is 0 Å². The highest BCUT2D eigenvalue weighted by atomic mass is 35.5. The largest absolute Gasteiger partial charge is 0.506 e. The molecule has 0 fully saturated rings. The van der Waals surface area contributed by atoms with Crippen molar-refractivity contribution in [3.8, 4) is 5.75 Å². The second-order valence-corrected chi connectivity index (χ2v) is 3.36. The molecular formula is C9H10ClNO. The molecule has 0 unspecified atom stereocenters. The standard InChI is InChI=1S/C9H10ClNO/c10-7-3-4-8(12)9-6(7)2-1-5-11-9/h3-4,11-12H,1-2,5H2. The summed E-state index contributed by atoms with van der Waals surface area (Å²) in [6.45, 7) is 0.918. The number of benzene rings is 1. The quantitative estimate of drug-likeness (QED) is 0.606. The fraction of sp³-hybridized carbons (Fsp3) is 0.333. The van der Waals surface area contributed by atoms with Gasteiger partial charge in [0.05, 0.1) is 5.69 Å². The van der Waals surface area contributed by atoms with Crippen LogP contribution in [0.1, 0.15) is 12.0 Å². The van der Waals surface area contributed by atoms with Crippen molar-refractivity contribution in [1.82, 2.24) is 0 Å². The lowest BCUT2D eigenvalue weighted by Gasteiger charge is -2.19. The molecule has 0 atom stereocenters. The van der Waals surface area contributed by atoms with Crippen LogP contribution in [0.2, 0.25) is 5.02 Å². The van der Waals surface area contributed by atoms with Crippen LogP contribution in [0.4, 0.5) is 5.69 Å². The number of halogens is 1. The predicted octanol–water partition coefficient (Wildman–Crippen LogP) is 2.40. The maximum atomic E-state index is 9.46. The van der Waals surface area contributed by atoms with Crippen molar-refractivity contribution in [2.75, 3.05) is 11.9 Å². The number of hydrogen-bond acceptors (Lipinski definition) is 2. The lowest BCUT2D eigenvalue weighted by atomic mass is 10.0. The predicted molar refractivity (Wildman–Crippen MR) is 49.9 cm³/mol. The highest BCUT2D eigenvalue weighted by molar-refractivity contribution is 6.31. The molecule has 12 heavy (non-hydrogen) atoms. The van der Waals surface area contributed by atoms with Gasteiger partial charge in [-0.3, -0.25) is 0 Å². The van der Waals surface area contributed by atoms with Gasteiger partial charge >= 0.3 is 0 Å². The fourth-order valence-corrected chi connectivity index (χ4v) is 1.78. The summed E-state index contributed by atoms with van der Waals surface area (Å²) < 4.78 is 0. The molecule has 64 valence electrons. The van der Waals surface area contributed by atoms with Crippen molar-refractivity contribution in [2.24, 2.45) is 0 Å². The summed E-state index contributed by atoms with van der Waals surface area (Å²) in [6.07, 6.45) is 2.03. The van der Waals surface area contributed by atoms with Crippen LogP contribution < -0.4 is 5.32 Å². The Morgan fingerprint density at radius 3 is 3.00 bits per heavy atom. The van der Waals surface area contributed by atoms with Crippen molar-refractivity contribution >= 4 is 17.3 Å². The highest BCUT2D eigenvalue weighted by Crippen LogP contribution is 2.35. The summed E-state index contributed by atoms with van der Waals surface area (Å²) >= 11 is 5.96. The van der Waals surface area contributed by atoms with Crippen molar-refractivity contribution < 1.29 is 5.11 Å². The van der Waals surface area contributed by atoms with E-state index in [0.717, 1.165) is 35.7 Å². The Balaban J connectivity index is 2.57. The Bertz CT molecular complexity index is 281. The van der Waals surface area contributed by atoms with Gasteiger partial charge in [-0.2, -0.15) is 0 Å². The van der Waals surface area contributed by atoms with Crippen LogP contribution in [0.25, 0.3) is 0 Å². The van der Waals surface area contributed by atoms with E-state index in [4.69, 9.17) is 11.6 Å². The van der Waals surface area contributed by atoms with Crippen LogP contribution in [-0.4, -0.2) is 11.7 Å². The zero-order valence-corrected chi connectivity index (χ0v) is 7.36. The number of phenols is 1. The topological polar surface area (TPSA) is 32.3 Å². The summed E-state index contributed by atoms with van der Waals surface area (Å²) in [7, 11) is 0. The molecule has 0 radical (unpaired) electrons. The molecule has 0 aromatic heterocycles. The van der Waals surface area contributed by atoms with Gasteiger partial charge in [0, 0.05) is 11.6 Å². The monoisotopic (exact) mass is 183 g/mol. The maximum Gasteiger partial charge on any atom is 0.139 e. The van der Waals surface area contributed by atoms with Crippen LogP contribution in [0, 0.1) is 0 Å². The van der Waals surface area contributed by atoms with E-state index >= 15 is 0 Å². The van der Waals surface area contributed by atoms with E-state index < -0.39 is 0 Å². The minimum Gasteiger partial charge on any atom is -0.506 e. The van der Waals surface area contributed by atoms with Gasteiger partial charge in [0.1, 0.15) is 5.75 Å². The number of fused-ring (bicyclic) bond motifs is 1. The lowest BCUT2D eigenvalue weighted by Crippen LogP contribution is -2.11. The summed E-state index contributed by atoms with van der Waals surface area (Å²) in [5.41, 5.74) is 1.86.